The fourth-order valence-corrected chi connectivity index (χ4v) is 1.78. The molecule has 0 saturated carbocycles. The maximum Gasteiger partial charge on any atom is 0.280 e. The highest BCUT2D eigenvalue weighted by Crippen LogP contribution is 2.49. The highest BCUT2D eigenvalue weighted by molar-refractivity contribution is 5.28. The van der Waals surface area contributed by atoms with E-state index in [0.717, 1.165) is 24.8 Å². The SMILES string of the molecule is CCCCC1=C(O)OC1(C)C(C)(C)C. The van der Waals surface area contributed by atoms with E-state index in [1.165, 1.54) is 0 Å². The molecular formula is C12H22O2. The van der Waals surface area contributed by atoms with Crippen molar-refractivity contribution in [2.75, 3.05) is 0 Å². The van der Waals surface area contributed by atoms with Crippen molar-refractivity contribution in [3.63, 3.8) is 0 Å². The summed E-state index contributed by atoms with van der Waals surface area (Å²) in [4.78, 5) is 0. The first-order valence-electron chi connectivity index (χ1n) is 5.44. The third-order valence-corrected chi connectivity index (χ3v) is 3.35. The maximum atomic E-state index is 9.49. The quantitative estimate of drug-likeness (QED) is 0.747. The second kappa shape index (κ2) is 3.48. The predicted octanol–water partition coefficient (Wildman–Crippen LogP) is 3.78. The van der Waals surface area contributed by atoms with Crippen LogP contribution in [0.4, 0.5) is 0 Å². The van der Waals surface area contributed by atoms with Crippen molar-refractivity contribution in [1.82, 2.24) is 0 Å². The molecular weight excluding hydrogens is 176 g/mol. The smallest absolute Gasteiger partial charge is 0.280 e. The Bertz CT molecular complexity index is 248. The Labute approximate surface area is 87.0 Å². The van der Waals surface area contributed by atoms with Crippen LogP contribution in [0.25, 0.3) is 0 Å². The summed E-state index contributed by atoms with van der Waals surface area (Å²) >= 11 is 0. The number of hydrogen-bond donors (Lipinski definition) is 1. The highest BCUT2D eigenvalue weighted by Gasteiger charge is 2.51. The van der Waals surface area contributed by atoms with Gasteiger partial charge in [-0.05, 0) is 19.8 Å². The Morgan fingerprint density at radius 3 is 2.29 bits per heavy atom. The fraction of sp³-hybridized carbons (Fsp3) is 0.833. The molecule has 1 rings (SSSR count). The van der Waals surface area contributed by atoms with Crippen molar-refractivity contribution < 1.29 is 9.84 Å². The topological polar surface area (TPSA) is 29.5 Å². The molecule has 0 spiro atoms. The summed E-state index contributed by atoms with van der Waals surface area (Å²) in [5.74, 6) is 0.163. The third-order valence-electron chi connectivity index (χ3n) is 3.35. The van der Waals surface area contributed by atoms with Gasteiger partial charge >= 0.3 is 0 Å². The first kappa shape index (κ1) is 11.4. The van der Waals surface area contributed by atoms with Crippen LogP contribution in [-0.2, 0) is 4.74 Å². The van der Waals surface area contributed by atoms with Crippen molar-refractivity contribution in [3.05, 3.63) is 11.5 Å². The van der Waals surface area contributed by atoms with Crippen LogP contribution in [0.5, 0.6) is 0 Å². The Hall–Kier alpha value is -0.660. The zero-order valence-electron chi connectivity index (χ0n) is 9.98. The normalized spacial score (nSPS) is 27.2. The molecule has 0 fully saturated rings. The zero-order valence-corrected chi connectivity index (χ0v) is 9.98. The van der Waals surface area contributed by atoms with Gasteiger partial charge in [-0.25, -0.2) is 0 Å². The molecule has 14 heavy (non-hydrogen) atoms. The monoisotopic (exact) mass is 198 g/mol. The van der Waals surface area contributed by atoms with Gasteiger partial charge in [0.2, 0.25) is 0 Å². The van der Waals surface area contributed by atoms with Gasteiger partial charge in [0, 0.05) is 5.41 Å². The van der Waals surface area contributed by atoms with Gasteiger partial charge in [0.15, 0.2) is 0 Å². The first-order valence-corrected chi connectivity index (χ1v) is 5.44. The minimum Gasteiger partial charge on any atom is -0.481 e. The number of hydrogen-bond acceptors (Lipinski definition) is 2. The van der Waals surface area contributed by atoms with E-state index in [9.17, 15) is 5.11 Å². The van der Waals surface area contributed by atoms with E-state index in [0.29, 0.717) is 0 Å². The lowest BCUT2D eigenvalue weighted by molar-refractivity contribution is -0.136. The van der Waals surface area contributed by atoms with E-state index in [1.807, 2.05) is 0 Å². The fourth-order valence-electron chi connectivity index (χ4n) is 1.78. The summed E-state index contributed by atoms with van der Waals surface area (Å²) in [6.07, 6.45) is 3.22. The number of ether oxygens (including phenoxy) is 1. The molecule has 82 valence electrons. The van der Waals surface area contributed by atoms with Crippen LogP contribution in [0.2, 0.25) is 0 Å². The van der Waals surface area contributed by atoms with Gasteiger partial charge in [0.1, 0.15) is 5.60 Å². The van der Waals surface area contributed by atoms with Gasteiger partial charge in [0.25, 0.3) is 5.95 Å². The molecule has 0 bridgehead atoms. The molecule has 0 aromatic rings. The number of rotatable bonds is 3. The standard InChI is InChI=1S/C12H22O2/c1-6-7-8-9-10(13)14-12(9,5)11(2,3)4/h13H,6-8H2,1-5H3. The molecule has 1 N–H and O–H groups in total. The van der Waals surface area contributed by atoms with Gasteiger partial charge in [-0.3, -0.25) is 0 Å². The van der Waals surface area contributed by atoms with Crippen molar-refractivity contribution in [2.45, 2.75) is 59.5 Å². The molecule has 0 aliphatic carbocycles. The van der Waals surface area contributed by atoms with E-state index in [-0.39, 0.29) is 17.0 Å². The zero-order chi connectivity index (χ0) is 11.0. The molecule has 1 aliphatic rings. The summed E-state index contributed by atoms with van der Waals surface area (Å²) in [5, 5.41) is 9.49. The molecule has 2 nitrogen and oxygen atoms in total. The van der Waals surface area contributed by atoms with Gasteiger partial charge in [-0.2, -0.15) is 0 Å². The van der Waals surface area contributed by atoms with Gasteiger partial charge in [0.05, 0.1) is 5.57 Å². The van der Waals surface area contributed by atoms with Gasteiger partial charge < -0.3 is 9.84 Å². The average molecular weight is 198 g/mol. The number of aliphatic hydroxyl groups is 1. The lowest BCUT2D eigenvalue weighted by Crippen LogP contribution is -2.51. The molecule has 1 atom stereocenters. The average Bonchev–Trinajstić information content (AvgIpc) is 2.02. The molecule has 0 aromatic carbocycles. The first-order chi connectivity index (χ1) is 6.33. The highest BCUT2D eigenvalue weighted by atomic mass is 16.6. The predicted molar refractivity (Wildman–Crippen MR) is 58.1 cm³/mol. The van der Waals surface area contributed by atoms with E-state index in [1.54, 1.807) is 0 Å². The Morgan fingerprint density at radius 2 is 1.93 bits per heavy atom. The van der Waals surface area contributed by atoms with E-state index in [4.69, 9.17) is 4.74 Å². The third kappa shape index (κ3) is 1.62. The molecule has 0 amide bonds. The minimum absolute atomic E-state index is 0.0440. The summed E-state index contributed by atoms with van der Waals surface area (Å²) in [6.45, 7) is 10.7. The van der Waals surface area contributed by atoms with Crippen LogP contribution in [0, 0.1) is 5.41 Å². The second-order valence-electron chi connectivity index (χ2n) is 5.27. The van der Waals surface area contributed by atoms with Crippen LogP contribution in [0.15, 0.2) is 11.5 Å². The van der Waals surface area contributed by atoms with E-state index < -0.39 is 0 Å². The Kier molecular flexibility index (Phi) is 2.84. The van der Waals surface area contributed by atoms with Crippen LogP contribution in [-0.4, -0.2) is 10.7 Å². The number of aliphatic hydroxyl groups excluding tert-OH is 1. The van der Waals surface area contributed by atoms with Gasteiger partial charge in [-0.15, -0.1) is 0 Å². The molecule has 1 unspecified atom stereocenters. The van der Waals surface area contributed by atoms with Crippen LogP contribution < -0.4 is 0 Å². The van der Waals surface area contributed by atoms with Crippen molar-refractivity contribution >= 4 is 0 Å². The number of unbranched alkanes of at least 4 members (excludes halogenated alkanes) is 1. The summed E-state index contributed by atoms with van der Waals surface area (Å²) in [6, 6.07) is 0. The summed E-state index contributed by atoms with van der Waals surface area (Å²) in [7, 11) is 0. The molecule has 1 heterocycles. The lowest BCUT2D eigenvalue weighted by atomic mass is 9.69. The largest absolute Gasteiger partial charge is 0.481 e. The van der Waals surface area contributed by atoms with Crippen molar-refractivity contribution in [1.29, 1.82) is 0 Å². The molecule has 0 radical (unpaired) electrons. The summed E-state index contributed by atoms with van der Waals surface area (Å²) < 4.78 is 5.44. The van der Waals surface area contributed by atoms with E-state index >= 15 is 0 Å². The van der Waals surface area contributed by atoms with Crippen molar-refractivity contribution in [3.8, 4) is 0 Å². The van der Waals surface area contributed by atoms with Crippen LogP contribution >= 0.6 is 0 Å². The Balaban J connectivity index is 2.78. The molecule has 0 aromatic heterocycles. The Morgan fingerprint density at radius 1 is 1.36 bits per heavy atom. The van der Waals surface area contributed by atoms with Gasteiger partial charge in [-0.1, -0.05) is 34.1 Å². The molecule has 1 aliphatic heterocycles. The van der Waals surface area contributed by atoms with Crippen LogP contribution in [0.3, 0.4) is 0 Å². The summed E-state index contributed by atoms with van der Waals surface area (Å²) in [5.41, 5.74) is 0.862. The maximum absolute atomic E-state index is 9.49. The lowest BCUT2D eigenvalue weighted by Gasteiger charge is -2.49. The minimum atomic E-state index is -0.272. The molecule has 2 heteroatoms. The van der Waals surface area contributed by atoms with E-state index in [2.05, 4.69) is 34.6 Å². The molecule has 0 saturated heterocycles. The second-order valence-corrected chi connectivity index (χ2v) is 5.27. The van der Waals surface area contributed by atoms with Crippen LogP contribution in [0.1, 0.15) is 53.9 Å². The van der Waals surface area contributed by atoms with Crippen molar-refractivity contribution in [2.24, 2.45) is 5.41 Å².